The second kappa shape index (κ2) is 5.68. The molecule has 3 rings (SSSR count). The molecule has 2 atom stereocenters. The third-order valence-electron chi connectivity index (χ3n) is 4.40. The van der Waals surface area contributed by atoms with Crippen LogP contribution < -0.4 is 5.32 Å². The van der Waals surface area contributed by atoms with Crippen LogP contribution in [-0.2, 0) is 4.79 Å². The summed E-state index contributed by atoms with van der Waals surface area (Å²) >= 11 is 0. The molecule has 21 heavy (non-hydrogen) atoms. The van der Waals surface area contributed by atoms with Gasteiger partial charge in [0.2, 0.25) is 5.91 Å². The van der Waals surface area contributed by atoms with Gasteiger partial charge in [0.25, 0.3) is 0 Å². The van der Waals surface area contributed by atoms with Crippen LogP contribution in [0.25, 0.3) is 11.3 Å². The fourth-order valence-electron chi connectivity index (χ4n) is 2.79. The normalized spacial score (nSPS) is 20.7. The monoisotopic (exact) mass is 280 g/mol. The molecule has 1 fully saturated rings. The fourth-order valence-corrected chi connectivity index (χ4v) is 2.79. The third kappa shape index (κ3) is 2.82. The van der Waals surface area contributed by atoms with Gasteiger partial charge in [-0.15, -0.1) is 0 Å². The Kier molecular flexibility index (Phi) is 3.74. The minimum atomic E-state index is 0.143. The molecule has 0 saturated heterocycles. The van der Waals surface area contributed by atoms with E-state index in [1.54, 1.807) is 6.20 Å². The van der Waals surface area contributed by atoms with Gasteiger partial charge in [-0.05, 0) is 55.5 Å². The van der Waals surface area contributed by atoms with Gasteiger partial charge >= 0.3 is 0 Å². The molecule has 1 aliphatic rings. The van der Waals surface area contributed by atoms with E-state index in [0.29, 0.717) is 5.92 Å². The Morgan fingerprint density at radius 2 is 2.10 bits per heavy atom. The van der Waals surface area contributed by atoms with Gasteiger partial charge in [-0.3, -0.25) is 9.78 Å². The Balaban J connectivity index is 1.83. The van der Waals surface area contributed by atoms with E-state index in [-0.39, 0.29) is 11.8 Å². The van der Waals surface area contributed by atoms with E-state index in [2.05, 4.69) is 24.1 Å². The molecule has 3 heteroatoms. The second-order valence-corrected chi connectivity index (χ2v) is 5.90. The fraction of sp³-hybridized carbons (Fsp3) is 0.333. The molecule has 1 aliphatic carbocycles. The molecule has 0 unspecified atom stereocenters. The topological polar surface area (TPSA) is 42.0 Å². The molecule has 0 spiro atoms. The van der Waals surface area contributed by atoms with Gasteiger partial charge in [0.15, 0.2) is 0 Å². The first-order chi connectivity index (χ1) is 10.1. The number of pyridine rings is 1. The summed E-state index contributed by atoms with van der Waals surface area (Å²) in [6, 6.07) is 11.9. The van der Waals surface area contributed by atoms with E-state index in [1.165, 1.54) is 0 Å². The van der Waals surface area contributed by atoms with Gasteiger partial charge in [-0.2, -0.15) is 0 Å². The number of anilines is 1. The number of amides is 1. The van der Waals surface area contributed by atoms with Crippen molar-refractivity contribution in [3.63, 3.8) is 0 Å². The quantitative estimate of drug-likeness (QED) is 0.922. The van der Waals surface area contributed by atoms with Crippen LogP contribution in [0, 0.1) is 18.8 Å². The van der Waals surface area contributed by atoms with Crippen LogP contribution in [0.1, 0.15) is 25.3 Å². The molecule has 0 radical (unpaired) electrons. The number of hydrogen-bond acceptors (Lipinski definition) is 2. The SMILES string of the molecule is Cc1ccc(NC(=O)[C@H]2CC[C@@H]2C)cc1-c1ccccn1. The minimum absolute atomic E-state index is 0.143. The number of rotatable bonds is 3. The molecule has 0 aliphatic heterocycles. The van der Waals surface area contributed by atoms with Crippen molar-refractivity contribution in [2.45, 2.75) is 26.7 Å². The lowest BCUT2D eigenvalue weighted by Crippen LogP contribution is -2.35. The van der Waals surface area contributed by atoms with E-state index in [4.69, 9.17) is 0 Å². The maximum Gasteiger partial charge on any atom is 0.227 e. The van der Waals surface area contributed by atoms with Crippen molar-refractivity contribution >= 4 is 11.6 Å². The lowest BCUT2D eigenvalue weighted by atomic mass is 9.74. The standard InChI is InChI=1S/C18H20N2O/c1-12-7-9-15(12)18(21)20-14-8-6-13(2)16(11-14)17-5-3-4-10-19-17/h3-6,8,10-12,15H,7,9H2,1-2H3,(H,20,21)/t12-,15-/m0/s1. The number of hydrogen-bond donors (Lipinski definition) is 1. The summed E-state index contributed by atoms with van der Waals surface area (Å²) in [5.41, 5.74) is 4.01. The van der Waals surface area contributed by atoms with Crippen LogP contribution in [0.4, 0.5) is 5.69 Å². The van der Waals surface area contributed by atoms with Crippen LogP contribution in [0.5, 0.6) is 0 Å². The van der Waals surface area contributed by atoms with Crippen molar-refractivity contribution in [3.05, 3.63) is 48.2 Å². The van der Waals surface area contributed by atoms with Crippen LogP contribution in [-0.4, -0.2) is 10.9 Å². The summed E-state index contributed by atoms with van der Waals surface area (Å²) in [6.07, 6.45) is 3.95. The number of carbonyl (C=O) groups excluding carboxylic acids is 1. The number of aromatic nitrogens is 1. The molecule has 1 N–H and O–H groups in total. The van der Waals surface area contributed by atoms with Crippen molar-refractivity contribution < 1.29 is 4.79 Å². The number of carbonyl (C=O) groups is 1. The Morgan fingerprint density at radius 1 is 1.24 bits per heavy atom. The average Bonchev–Trinajstić information content (AvgIpc) is 2.48. The largest absolute Gasteiger partial charge is 0.326 e. The van der Waals surface area contributed by atoms with Crippen LogP contribution >= 0.6 is 0 Å². The first kappa shape index (κ1) is 13.8. The zero-order valence-electron chi connectivity index (χ0n) is 12.5. The average molecular weight is 280 g/mol. The van der Waals surface area contributed by atoms with Crippen molar-refractivity contribution in [2.24, 2.45) is 11.8 Å². The third-order valence-corrected chi connectivity index (χ3v) is 4.40. The first-order valence-corrected chi connectivity index (χ1v) is 7.48. The summed E-state index contributed by atoms with van der Waals surface area (Å²) in [6.45, 7) is 4.20. The predicted molar refractivity (Wildman–Crippen MR) is 84.9 cm³/mol. The van der Waals surface area contributed by atoms with Gasteiger partial charge in [0.05, 0.1) is 5.69 Å². The lowest BCUT2D eigenvalue weighted by Gasteiger charge is -2.32. The molecule has 2 aromatic rings. The number of benzene rings is 1. The second-order valence-electron chi connectivity index (χ2n) is 5.90. The molecule has 3 nitrogen and oxygen atoms in total. The molecule has 1 saturated carbocycles. The molecular formula is C18H20N2O. The summed E-state index contributed by atoms with van der Waals surface area (Å²) < 4.78 is 0. The molecule has 1 aromatic heterocycles. The Labute approximate surface area is 125 Å². The molecule has 108 valence electrons. The minimum Gasteiger partial charge on any atom is -0.326 e. The van der Waals surface area contributed by atoms with Crippen LogP contribution in [0.3, 0.4) is 0 Å². The van der Waals surface area contributed by atoms with E-state index in [0.717, 1.165) is 35.3 Å². The van der Waals surface area contributed by atoms with Crippen molar-refractivity contribution in [3.8, 4) is 11.3 Å². The van der Waals surface area contributed by atoms with Crippen LogP contribution in [0.15, 0.2) is 42.6 Å². The smallest absolute Gasteiger partial charge is 0.227 e. The maximum atomic E-state index is 12.2. The highest BCUT2D eigenvalue weighted by molar-refractivity contribution is 5.94. The van der Waals surface area contributed by atoms with E-state index in [9.17, 15) is 4.79 Å². The van der Waals surface area contributed by atoms with Crippen molar-refractivity contribution in [2.75, 3.05) is 5.32 Å². The highest BCUT2D eigenvalue weighted by Crippen LogP contribution is 2.34. The molecule has 1 heterocycles. The zero-order chi connectivity index (χ0) is 14.8. The molecule has 0 bridgehead atoms. The van der Waals surface area contributed by atoms with Gasteiger partial charge in [-0.25, -0.2) is 0 Å². The summed E-state index contributed by atoms with van der Waals surface area (Å²) in [5.74, 6) is 0.819. The summed E-state index contributed by atoms with van der Waals surface area (Å²) in [4.78, 5) is 16.6. The van der Waals surface area contributed by atoms with Gasteiger partial charge < -0.3 is 5.32 Å². The maximum absolute atomic E-state index is 12.2. The Morgan fingerprint density at radius 3 is 2.71 bits per heavy atom. The van der Waals surface area contributed by atoms with Gasteiger partial charge in [0.1, 0.15) is 0 Å². The highest BCUT2D eigenvalue weighted by Gasteiger charge is 2.32. The molecule has 1 amide bonds. The van der Waals surface area contributed by atoms with Gasteiger partial charge in [-0.1, -0.05) is 19.1 Å². The molecule has 1 aromatic carbocycles. The Hall–Kier alpha value is -2.16. The van der Waals surface area contributed by atoms with Crippen molar-refractivity contribution in [1.82, 2.24) is 4.98 Å². The number of nitrogens with one attached hydrogen (secondary N) is 1. The zero-order valence-corrected chi connectivity index (χ0v) is 12.5. The number of nitrogens with zero attached hydrogens (tertiary/aromatic N) is 1. The first-order valence-electron chi connectivity index (χ1n) is 7.48. The van der Waals surface area contributed by atoms with E-state index in [1.807, 2.05) is 36.4 Å². The lowest BCUT2D eigenvalue weighted by molar-refractivity contribution is -0.124. The summed E-state index contributed by atoms with van der Waals surface area (Å²) in [5, 5.41) is 3.04. The van der Waals surface area contributed by atoms with Crippen LogP contribution in [0.2, 0.25) is 0 Å². The summed E-state index contributed by atoms with van der Waals surface area (Å²) in [7, 11) is 0. The van der Waals surface area contributed by atoms with E-state index >= 15 is 0 Å². The van der Waals surface area contributed by atoms with Crippen molar-refractivity contribution in [1.29, 1.82) is 0 Å². The predicted octanol–water partition coefficient (Wildman–Crippen LogP) is 4.04. The highest BCUT2D eigenvalue weighted by atomic mass is 16.1. The van der Waals surface area contributed by atoms with E-state index < -0.39 is 0 Å². The number of aryl methyl sites for hydroxylation is 1. The Bertz CT molecular complexity index is 652. The molecular weight excluding hydrogens is 260 g/mol. The van der Waals surface area contributed by atoms with Gasteiger partial charge in [0, 0.05) is 23.4 Å².